The van der Waals surface area contributed by atoms with Crippen molar-refractivity contribution in [2.45, 2.75) is 25.2 Å². The lowest BCUT2D eigenvalue weighted by atomic mass is 10.2. The lowest BCUT2D eigenvalue weighted by Gasteiger charge is -2.25. The van der Waals surface area contributed by atoms with Gasteiger partial charge in [-0.3, -0.25) is 14.5 Å². The van der Waals surface area contributed by atoms with E-state index < -0.39 is 67.7 Å². The van der Waals surface area contributed by atoms with E-state index in [9.17, 15) is 42.3 Å². The monoisotopic (exact) mass is 616 g/mol. The Morgan fingerprint density at radius 1 is 0.860 bits per heavy atom. The first kappa shape index (κ1) is 35.1. The SMILES string of the molecule is NC(N)=Nc1ccc(C(=O)Oc2ccc(COC(=O)N(CC(=O)O)[C@@H](CC(=O)O)C(=O)O)cc2)cc1.O=C(O)C(F)(F)F. The summed E-state index contributed by atoms with van der Waals surface area (Å²) in [6.45, 7) is -1.47. The van der Waals surface area contributed by atoms with Gasteiger partial charge >= 0.3 is 42.1 Å². The van der Waals surface area contributed by atoms with Crippen molar-refractivity contribution in [3.8, 4) is 5.75 Å². The van der Waals surface area contributed by atoms with Gasteiger partial charge in [0.1, 0.15) is 24.9 Å². The Labute approximate surface area is 238 Å². The Morgan fingerprint density at radius 3 is 1.81 bits per heavy atom. The van der Waals surface area contributed by atoms with Gasteiger partial charge in [-0.2, -0.15) is 13.2 Å². The molecule has 0 aliphatic rings. The molecule has 16 nitrogen and oxygen atoms in total. The van der Waals surface area contributed by atoms with Crippen molar-refractivity contribution >= 4 is 47.6 Å². The molecule has 0 aliphatic heterocycles. The molecule has 0 spiro atoms. The van der Waals surface area contributed by atoms with E-state index in [0.29, 0.717) is 16.2 Å². The predicted octanol–water partition coefficient (Wildman–Crippen LogP) is 1.40. The highest BCUT2D eigenvalue weighted by atomic mass is 19.4. The lowest BCUT2D eigenvalue weighted by Crippen LogP contribution is -2.48. The number of halogens is 3. The van der Waals surface area contributed by atoms with Crippen LogP contribution in [0.4, 0.5) is 23.7 Å². The van der Waals surface area contributed by atoms with Crippen molar-refractivity contribution in [3.63, 3.8) is 0 Å². The Balaban J connectivity index is 0.00000117. The van der Waals surface area contributed by atoms with Crippen molar-refractivity contribution in [2.24, 2.45) is 16.5 Å². The number of guanidine groups is 1. The van der Waals surface area contributed by atoms with Gasteiger partial charge in [0.25, 0.3) is 0 Å². The van der Waals surface area contributed by atoms with Crippen LogP contribution in [-0.4, -0.2) is 86.0 Å². The predicted molar refractivity (Wildman–Crippen MR) is 135 cm³/mol. The first-order valence-corrected chi connectivity index (χ1v) is 11.3. The highest BCUT2D eigenvalue weighted by Gasteiger charge is 2.38. The molecule has 2 aromatic rings. The van der Waals surface area contributed by atoms with Crippen LogP contribution in [0.5, 0.6) is 5.75 Å². The van der Waals surface area contributed by atoms with Gasteiger partial charge in [0, 0.05) is 0 Å². The third-order valence-electron chi connectivity index (χ3n) is 4.67. The topological polar surface area (TPSA) is 269 Å². The van der Waals surface area contributed by atoms with Crippen LogP contribution in [0.25, 0.3) is 0 Å². The van der Waals surface area contributed by atoms with Crippen LogP contribution in [0.1, 0.15) is 22.3 Å². The molecule has 1 amide bonds. The molecular formula is C24H23F3N4O12. The lowest BCUT2D eigenvalue weighted by molar-refractivity contribution is -0.192. The number of aliphatic imine (C=N–C) groups is 1. The van der Waals surface area contributed by atoms with Crippen molar-refractivity contribution in [1.82, 2.24) is 4.90 Å². The number of esters is 1. The number of rotatable bonds is 11. The van der Waals surface area contributed by atoms with E-state index in [-0.39, 0.29) is 17.3 Å². The molecule has 0 aromatic heterocycles. The van der Waals surface area contributed by atoms with Gasteiger partial charge in [0.05, 0.1) is 17.7 Å². The van der Waals surface area contributed by atoms with E-state index >= 15 is 0 Å². The number of hydrogen-bond donors (Lipinski definition) is 6. The summed E-state index contributed by atoms with van der Waals surface area (Å²) in [6.07, 6.45) is -7.43. The number of amides is 1. The van der Waals surface area contributed by atoms with Gasteiger partial charge in [-0.1, -0.05) is 12.1 Å². The average molecular weight is 616 g/mol. The number of carboxylic acid groups (broad SMARTS) is 4. The molecule has 232 valence electrons. The van der Waals surface area contributed by atoms with E-state index in [4.69, 9.17) is 41.1 Å². The van der Waals surface area contributed by atoms with Crippen LogP contribution in [0.15, 0.2) is 53.5 Å². The molecule has 19 heteroatoms. The third kappa shape index (κ3) is 12.9. The summed E-state index contributed by atoms with van der Waals surface area (Å²) in [5.41, 5.74) is 11.7. The van der Waals surface area contributed by atoms with E-state index in [1.165, 1.54) is 48.5 Å². The van der Waals surface area contributed by atoms with E-state index in [2.05, 4.69) is 4.99 Å². The number of aliphatic carboxylic acids is 4. The van der Waals surface area contributed by atoms with Crippen molar-refractivity contribution in [1.29, 1.82) is 0 Å². The Morgan fingerprint density at radius 2 is 1.40 bits per heavy atom. The maximum atomic E-state index is 12.3. The Hall–Kier alpha value is -5.88. The molecule has 0 saturated heterocycles. The second-order valence-corrected chi connectivity index (χ2v) is 7.95. The molecule has 0 saturated carbocycles. The standard InChI is InChI=1S/C22H22N4O10.C2HF3O2/c23-21(24)25-14-5-3-13(4-6-14)20(33)36-15-7-1-12(2-8-15)11-35-22(34)26(10-18(29)30)16(19(31)32)9-17(27)28;3-2(4,5)1(6)7/h1-8,16H,9-11H2,(H,27,28)(H,29,30)(H,31,32)(H4,23,24,25);(H,6,7)/t16-;/m0./s1. The quantitative estimate of drug-likeness (QED) is 0.0901. The second kappa shape index (κ2) is 15.8. The zero-order chi connectivity index (χ0) is 32.9. The van der Waals surface area contributed by atoms with E-state index in [1.807, 2.05) is 0 Å². The van der Waals surface area contributed by atoms with Gasteiger partial charge < -0.3 is 41.4 Å². The second-order valence-electron chi connectivity index (χ2n) is 7.95. The van der Waals surface area contributed by atoms with Gasteiger partial charge in [-0.25, -0.2) is 24.2 Å². The minimum absolute atomic E-state index is 0.132. The smallest absolute Gasteiger partial charge is 0.481 e. The molecular weight excluding hydrogens is 593 g/mol. The van der Waals surface area contributed by atoms with Crippen LogP contribution in [0.2, 0.25) is 0 Å². The van der Waals surface area contributed by atoms with E-state index in [0.717, 1.165) is 0 Å². The summed E-state index contributed by atoms with van der Waals surface area (Å²) in [5, 5.41) is 34.2. The van der Waals surface area contributed by atoms with Crippen LogP contribution in [0, 0.1) is 0 Å². The molecule has 43 heavy (non-hydrogen) atoms. The molecule has 0 heterocycles. The molecule has 0 unspecified atom stereocenters. The third-order valence-corrected chi connectivity index (χ3v) is 4.67. The number of carboxylic acids is 4. The fourth-order valence-electron chi connectivity index (χ4n) is 2.81. The average Bonchev–Trinajstić information content (AvgIpc) is 2.89. The number of ether oxygens (including phenoxy) is 2. The van der Waals surface area contributed by atoms with Crippen molar-refractivity contribution < 1.29 is 71.8 Å². The number of carbonyl (C=O) groups excluding carboxylic acids is 2. The summed E-state index contributed by atoms with van der Waals surface area (Å²) < 4.78 is 42.0. The number of carbonyl (C=O) groups is 6. The van der Waals surface area contributed by atoms with Crippen molar-refractivity contribution in [2.75, 3.05) is 6.54 Å². The van der Waals surface area contributed by atoms with Crippen LogP contribution >= 0.6 is 0 Å². The molecule has 0 fully saturated rings. The zero-order valence-corrected chi connectivity index (χ0v) is 21.6. The summed E-state index contributed by atoms with van der Waals surface area (Å²) in [7, 11) is 0. The first-order chi connectivity index (χ1) is 19.9. The first-order valence-electron chi connectivity index (χ1n) is 11.3. The number of hydrogen-bond acceptors (Lipinski definition) is 9. The summed E-state index contributed by atoms with van der Waals surface area (Å²) in [6, 6.07) is 9.76. The maximum Gasteiger partial charge on any atom is 0.490 e. The minimum Gasteiger partial charge on any atom is -0.481 e. The molecule has 1 atom stereocenters. The highest BCUT2D eigenvalue weighted by molar-refractivity contribution is 5.91. The zero-order valence-electron chi connectivity index (χ0n) is 21.6. The fourth-order valence-corrected chi connectivity index (χ4v) is 2.81. The number of benzene rings is 2. The molecule has 2 aromatic carbocycles. The van der Waals surface area contributed by atoms with Gasteiger partial charge in [-0.05, 0) is 42.0 Å². The maximum absolute atomic E-state index is 12.3. The number of alkyl halides is 3. The van der Waals surface area contributed by atoms with Gasteiger partial charge in [0.2, 0.25) is 0 Å². The molecule has 8 N–H and O–H groups in total. The minimum atomic E-state index is -5.08. The Kier molecular flexibility index (Phi) is 12.9. The van der Waals surface area contributed by atoms with Crippen LogP contribution < -0.4 is 16.2 Å². The molecule has 2 rings (SSSR count). The molecule has 0 radical (unpaired) electrons. The fraction of sp³-hybridized carbons (Fsp3) is 0.208. The van der Waals surface area contributed by atoms with Crippen LogP contribution in [-0.2, 0) is 30.5 Å². The number of nitrogens with two attached hydrogens (primary N) is 2. The summed E-state index contributed by atoms with van der Waals surface area (Å²) >= 11 is 0. The van der Waals surface area contributed by atoms with Crippen molar-refractivity contribution in [3.05, 3.63) is 59.7 Å². The number of nitrogens with zero attached hydrogens (tertiary/aromatic N) is 2. The molecule has 0 bridgehead atoms. The molecule has 0 aliphatic carbocycles. The van der Waals surface area contributed by atoms with Gasteiger partial charge in [0.15, 0.2) is 5.96 Å². The van der Waals surface area contributed by atoms with E-state index in [1.54, 1.807) is 0 Å². The summed E-state index contributed by atoms with van der Waals surface area (Å²) in [5.74, 6) is -8.18. The van der Waals surface area contributed by atoms with Gasteiger partial charge in [-0.15, -0.1) is 0 Å². The largest absolute Gasteiger partial charge is 0.490 e. The highest BCUT2D eigenvalue weighted by Crippen LogP contribution is 2.18. The summed E-state index contributed by atoms with van der Waals surface area (Å²) in [4.78, 5) is 71.0. The van der Waals surface area contributed by atoms with Crippen LogP contribution in [0.3, 0.4) is 0 Å². The Bertz CT molecular complexity index is 1360. The normalized spacial score (nSPS) is 11.0.